The minimum atomic E-state index is 0.369. The van der Waals surface area contributed by atoms with Gasteiger partial charge in [0.1, 0.15) is 5.82 Å². The summed E-state index contributed by atoms with van der Waals surface area (Å²) < 4.78 is 2.14. The monoisotopic (exact) mass is 297 g/mol. The van der Waals surface area contributed by atoms with Gasteiger partial charge in [-0.3, -0.25) is 0 Å². The number of aromatic nitrogens is 2. The number of nitrogens with one attached hydrogen (secondary N) is 1. The summed E-state index contributed by atoms with van der Waals surface area (Å²) in [6.45, 7) is 0.909. The quantitative estimate of drug-likeness (QED) is 0.736. The molecule has 0 radical (unpaired) electrons. The Balaban J connectivity index is 1.78. The standard InChI is InChI=1S/C17H16ClN3/c1-21-16-13(18)6-4-8-15(16)20-17(21)12-9-11-5-2-3-7-14(11)19-10-12/h2-8,12,19H,9-10H2,1H3. The highest BCUT2D eigenvalue weighted by atomic mass is 35.5. The van der Waals surface area contributed by atoms with Gasteiger partial charge in [-0.1, -0.05) is 35.9 Å². The molecule has 0 saturated heterocycles. The molecule has 0 saturated carbocycles. The Labute approximate surface area is 128 Å². The van der Waals surface area contributed by atoms with Gasteiger partial charge < -0.3 is 9.88 Å². The highest BCUT2D eigenvalue weighted by Crippen LogP contribution is 2.32. The fourth-order valence-electron chi connectivity index (χ4n) is 3.23. The maximum absolute atomic E-state index is 6.32. The van der Waals surface area contributed by atoms with E-state index < -0.39 is 0 Å². The number of halogens is 1. The number of aryl methyl sites for hydroxylation is 1. The molecule has 2 heterocycles. The molecule has 1 atom stereocenters. The van der Waals surface area contributed by atoms with Crippen molar-refractivity contribution in [3.05, 3.63) is 58.9 Å². The van der Waals surface area contributed by atoms with Gasteiger partial charge in [-0.15, -0.1) is 0 Å². The summed E-state index contributed by atoms with van der Waals surface area (Å²) in [6, 6.07) is 14.4. The molecular weight excluding hydrogens is 282 g/mol. The van der Waals surface area contributed by atoms with Crippen LogP contribution in [0, 0.1) is 0 Å². The predicted molar refractivity (Wildman–Crippen MR) is 87.1 cm³/mol. The van der Waals surface area contributed by atoms with Crippen molar-refractivity contribution in [3.63, 3.8) is 0 Å². The zero-order valence-electron chi connectivity index (χ0n) is 11.8. The van der Waals surface area contributed by atoms with Gasteiger partial charge in [-0.2, -0.15) is 0 Å². The molecule has 1 unspecified atom stereocenters. The Kier molecular flexibility index (Phi) is 2.89. The summed E-state index contributed by atoms with van der Waals surface area (Å²) in [4.78, 5) is 4.81. The topological polar surface area (TPSA) is 29.9 Å². The molecule has 1 aliphatic rings. The number of anilines is 1. The van der Waals surface area contributed by atoms with Gasteiger partial charge >= 0.3 is 0 Å². The fourth-order valence-corrected chi connectivity index (χ4v) is 3.52. The highest BCUT2D eigenvalue weighted by Gasteiger charge is 2.24. The van der Waals surface area contributed by atoms with E-state index >= 15 is 0 Å². The lowest BCUT2D eigenvalue weighted by Gasteiger charge is -2.25. The van der Waals surface area contributed by atoms with E-state index in [-0.39, 0.29) is 0 Å². The van der Waals surface area contributed by atoms with Crippen LogP contribution in [0.25, 0.3) is 11.0 Å². The molecule has 0 amide bonds. The van der Waals surface area contributed by atoms with Crippen molar-refractivity contribution in [2.75, 3.05) is 11.9 Å². The number of nitrogens with zero attached hydrogens (tertiary/aromatic N) is 2. The molecule has 21 heavy (non-hydrogen) atoms. The Morgan fingerprint density at radius 3 is 2.90 bits per heavy atom. The highest BCUT2D eigenvalue weighted by molar-refractivity contribution is 6.35. The van der Waals surface area contributed by atoms with Crippen molar-refractivity contribution in [3.8, 4) is 0 Å². The van der Waals surface area contributed by atoms with Gasteiger partial charge in [0, 0.05) is 25.2 Å². The lowest BCUT2D eigenvalue weighted by molar-refractivity contribution is 0.624. The summed E-state index contributed by atoms with van der Waals surface area (Å²) in [5.41, 5.74) is 4.59. The maximum Gasteiger partial charge on any atom is 0.114 e. The number of fused-ring (bicyclic) bond motifs is 2. The Morgan fingerprint density at radius 2 is 2.05 bits per heavy atom. The second kappa shape index (κ2) is 4.78. The minimum absolute atomic E-state index is 0.369. The van der Waals surface area contributed by atoms with E-state index in [1.54, 1.807) is 0 Å². The SMILES string of the molecule is Cn1c(C2CNc3ccccc3C2)nc2cccc(Cl)c21. The average molecular weight is 298 g/mol. The van der Waals surface area contributed by atoms with Crippen LogP contribution in [0.5, 0.6) is 0 Å². The van der Waals surface area contributed by atoms with E-state index in [0.717, 1.165) is 34.8 Å². The summed E-state index contributed by atoms with van der Waals surface area (Å²) in [7, 11) is 2.05. The summed E-state index contributed by atoms with van der Waals surface area (Å²) in [5, 5.41) is 4.27. The van der Waals surface area contributed by atoms with Crippen molar-refractivity contribution >= 4 is 28.3 Å². The van der Waals surface area contributed by atoms with Gasteiger partial charge in [0.2, 0.25) is 0 Å². The third-order valence-corrected chi connectivity index (χ3v) is 4.57. The van der Waals surface area contributed by atoms with E-state index in [9.17, 15) is 0 Å². The lowest BCUT2D eigenvalue weighted by Crippen LogP contribution is -2.23. The largest absolute Gasteiger partial charge is 0.384 e. The fraction of sp³-hybridized carbons (Fsp3) is 0.235. The van der Waals surface area contributed by atoms with Gasteiger partial charge in [-0.05, 0) is 30.2 Å². The van der Waals surface area contributed by atoms with E-state index in [2.05, 4.69) is 41.2 Å². The molecule has 2 aromatic carbocycles. The molecule has 1 N–H and O–H groups in total. The van der Waals surface area contributed by atoms with Crippen LogP contribution in [0.2, 0.25) is 5.02 Å². The molecule has 1 aliphatic heterocycles. The van der Waals surface area contributed by atoms with Crippen LogP contribution in [0.1, 0.15) is 17.3 Å². The van der Waals surface area contributed by atoms with E-state index in [4.69, 9.17) is 16.6 Å². The van der Waals surface area contributed by atoms with E-state index in [0.29, 0.717) is 5.92 Å². The maximum atomic E-state index is 6.32. The number of rotatable bonds is 1. The van der Waals surface area contributed by atoms with Gasteiger partial charge in [0.15, 0.2) is 0 Å². The smallest absolute Gasteiger partial charge is 0.114 e. The molecule has 3 nitrogen and oxygen atoms in total. The first-order valence-corrected chi connectivity index (χ1v) is 7.54. The first-order chi connectivity index (χ1) is 10.2. The zero-order chi connectivity index (χ0) is 14.4. The third-order valence-electron chi connectivity index (χ3n) is 4.27. The Hall–Kier alpha value is -2.00. The van der Waals surface area contributed by atoms with E-state index in [1.807, 2.05) is 18.2 Å². The summed E-state index contributed by atoms with van der Waals surface area (Å²) in [5.74, 6) is 1.47. The van der Waals surface area contributed by atoms with Crippen molar-refractivity contribution in [2.24, 2.45) is 7.05 Å². The van der Waals surface area contributed by atoms with Crippen LogP contribution in [0.15, 0.2) is 42.5 Å². The van der Waals surface area contributed by atoms with Gasteiger partial charge in [0.25, 0.3) is 0 Å². The molecule has 3 aromatic rings. The summed E-state index contributed by atoms with van der Waals surface area (Å²) in [6.07, 6.45) is 1.01. The molecule has 1 aromatic heterocycles. The van der Waals surface area contributed by atoms with Crippen molar-refractivity contribution in [1.29, 1.82) is 0 Å². The Morgan fingerprint density at radius 1 is 1.19 bits per heavy atom. The molecule has 0 spiro atoms. The molecule has 4 heteroatoms. The van der Waals surface area contributed by atoms with Crippen molar-refractivity contribution in [2.45, 2.75) is 12.3 Å². The normalized spacial score (nSPS) is 17.5. The number of para-hydroxylation sites is 2. The van der Waals surface area contributed by atoms with Crippen LogP contribution in [0.3, 0.4) is 0 Å². The lowest BCUT2D eigenvalue weighted by atomic mass is 9.93. The molecule has 4 rings (SSSR count). The van der Waals surface area contributed by atoms with Crippen LogP contribution in [-0.2, 0) is 13.5 Å². The van der Waals surface area contributed by atoms with Crippen LogP contribution < -0.4 is 5.32 Å². The van der Waals surface area contributed by atoms with Gasteiger partial charge in [0.05, 0.1) is 16.1 Å². The molecular formula is C17H16ClN3. The first-order valence-electron chi connectivity index (χ1n) is 7.16. The predicted octanol–water partition coefficient (Wildman–Crippen LogP) is 3.98. The number of benzene rings is 2. The van der Waals surface area contributed by atoms with Crippen LogP contribution in [-0.4, -0.2) is 16.1 Å². The minimum Gasteiger partial charge on any atom is -0.384 e. The number of hydrogen-bond donors (Lipinski definition) is 1. The number of imidazole rings is 1. The van der Waals surface area contributed by atoms with Crippen molar-refractivity contribution in [1.82, 2.24) is 9.55 Å². The molecule has 106 valence electrons. The summed E-state index contributed by atoms with van der Waals surface area (Å²) >= 11 is 6.32. The zero-order valence-corrected chi connectivity index (χ0v) is 12.6. The second-order valence-corrected chi connectivity index (χ2v) is 5.98. The molecule has 0 bridgehead atoms. The Bertz CT molecular complexity index is 822. The molecule has 0 aliphatic carbocycles. The van der Waals surface area contributed by atoms with Crippen LogP contribution >= 0.6 is 11.6 Å². The van der Waals surface area contributed by atoms with Gasteiger partial charge in [-0.25, -0.2) is 4.98 Å². The van der Waals surface area contributed by atoms with Crippen LogP contribution in [0.4, 0.5) is 5.69 Å². The second-order valence-electron chi connectivity index (χ2n) is 5.58. The third kappa shape index (κ3) is 2.00. The van der Waals surface area contributed by atoms with E-state index in [1.165, 1.54) is 11.3 Å². The average Bonchev–Trinajstić information content (AvgIpc) is 2.85. The number of hydrogen-bond acceptors (Lipinski definition) is 2. The molecule has 0 fully saturated rings. The van der Waals surface area contributed by atoms with Crippen molar-refractivity contribution < 1.29 is 0 Å². The first kappa shape index (κ1) is 12.7.